The van der Waals surface area contributed by atoms with E-state index in [1.165, 1.54) is 27.2 Å². The molecule has 1 aromatic rings. The van der Waals surface area contributed by atoms with Crippen molar-refractivity contribution in [3.05, 3.63) is 16.1 Å². The van der Waals surface area contributed by atoms with Gasteiger partial charge in [0.15, 0.2) is 0 Å². The molecule has 0 saturated carbocycles. The number of hydrogen-bond acceptors (Lipinski definition) is 5. The largest absolute Gasteiger partial charge is 0.465 e. The molecule has 0 spiro atoms. The van der Waals surface area contributed by atoms with Crippen LogP contribution < -0.4 is 0 Å². The molecule has 1 heterocycles. The van der Waals surface area contributed by atoms with Gasteiger partial charge in [-0.3, -0.25) is 0 Å². The fourth-order valence-corrected chi connectivity index (χ4v) is 1.90. The van der Waals surface area contributed by atoms with E-state index in [-0.39, 0.29) is 9.88 Å². The van der Waals surface area contributed by atoms with E-state index in [9.17, 15) is 14.3 Å². The molecule has 0 aromatic carbocycles. The Morgan fingerprint density at radius 3 is 2.80 bits per heavy atom. The number of esters is 1. The van der Waals surface area contributed by atoms with Gasteiger partial charge in [-0.2, -0.15) is 0 Å². The maximum absolute atomic E-state index is 13.4. The molecule has 0 aliphatic heterocycles. The van der Waals surface area contributed by atoms with Crippen molar-refractivity contribution in [3.8, 4) is 0 Å². The van der Waals surface area contributed by atoms with Crippen molar-refractivity contribution >= 4 is 17.3 Å². The van der Waals surface area contributed by atoms with Crippen molar-refractivity contribution in [2.45, 2.75) is 25.6 Å². The van der Waals surface area contributed by atoms with Crippen LogP contribution in [0.25, 0.3) is 0 Å². The van der Waals surface area contributed by atoms with Crippen LogP contribution in [0.5, 0.6) is 0 Å². The van der Waals surface area contributed by atoms with Gasteiger partial charge >= 0.3 is 5.97 Å². The third kappa shape index (κ3) is 2.73. The van der Waals surface area contributed by atoms with Crippen LogP contribution in [0, 0.1) is 0 Å². The number of aromatic nitrogens is 1. The van der Waals surface area contributed by atoms with Crippen molar-refractivity contribution in [2.75, 3.05) is 7.11 Å². The lowest BCUT2D eigenvalue weighted by molar-refractivity contribution is 0.0160. The Morgan fingerprint density at radius 1 is 1.73 bits per heavy atom. The maximum Gasteiger partial charge on any atom is 0.349 e. The smallest absolute Gasteiger partial charge is 0.349 e. The highest BCUT2D eigenvalue weighted by Crippen LogP contribution is 2.31. The first-order valence-electron chi connectivity index (χ1n) is 4.27. The van der Waals surface area contributed by atoms with Crippen LogP contribution in [0.2, 0.25) is 0 Å². The van der Waals surface area contributed by atoms with E-state index < -0.39 is 17.7 Å². The zero-order valence-electron chi connectivity index (χ0n) is 8.65. The van der Waals surface area contributed by atoms with Crippen molar-refractivity contribution in [3.63, 3.8) is 0 Å². The third-order valence-corrected chi connectivity index (χ3v) is 2.82. The predicted molar refractivity (Wildman–Crippen MR) is 53.6 cm³/mol. The average molecular weight is 233 g/mol. The number of nitrogens with zero attached hydrogens (tertiary/aromatic N) is 1. The number of thiazole rings is 1. The highest BCUT2D eigenvalue weighted by atomic mass is 32.1. The maximum atomic E-state index is 13.4. The third-order valence-electron chi connectivity index (χ3n) is 1.79. The molecule has 0 bridgehead atoms. The second-order valence-corrected chi connectivity index (χ2v) is 4.58. The van der Waals surface area contributed by atoms with Crippen LogP contribution in [-0.4, -0.2) is 28.8 Å². The van der Waals surface area contributed by atoms with Gasteiger partial charge in [0, 0.05) is 0 Å². The summed E-state index contributed by atoms with van der Waals surface area (Å²) in [5, 5.41) is 9.72. The Morgan fingerprint density at radius 2 is 2.33 bits per heavy atom. The number of aliphatic hydroxyl groups excluding tert-OH is 1. The van der Waals surface area contributed by atoms with E-state index in [1.807, 2.05) is 0 Å². The molecule has 4 nitrogen and oxygen atoms in total. The Balaban J connectivity index is 2.89. The topological polar surface area (TPSA) is 59.4 Å². The zero-order valence-corrected chi connectivity index (χ0v) is 9.47. The van der Waals surface area contributed by atoms with Crippen LogP contribution in [0.1, 0.15) is 34.6 Å². The Bertz CT molecular complexity index is 358. The number of carbonyl (C=O) groups is 1. The van der Waals surface area contributed by atoms with Gasteiger partial charge in [-0.05, 0) is 13.8 Å². The van der Waals surface area contributed by atoms with Gasteiger partial charge in [-0.1, -0.05) is 0 Å². The van der Waals surface area contributed by atoms with Crippen LogP contribution in [0.3, 0.4) is 0 Å². The van der Waals surface area contributed by atoms with Crippen molar-refractivity contribution in [2.24, 2.45) is 0 Å². The minimum absolute atomic E-state index is 0.169. The summed E-state index contributed by atoms with van der Waals surface area (Å²) in [7, 11) is 1.25. The highest BCUT2D eigenvalue weighted by Gasteiger charge is 2.31. The van der Waals surface area contributed by atoms with Gasteiger partial charge in [0.25, 0.3) is 0 Å². The van der Waals surface area contributed by atoms with E-state index in [4.69, 9.17) is 0 Å². The molecule has 84 valence electrons. The van der Waals surface area contributed by atoms with E-state index in [1.54, 1.807) is 0 Å². The molecule has 1 aromatic heterocycles. The number of alkyl halides is 1. The molecular formula is C9H12FNO3S. The first-order chi connectivity index (χ1) is 6.86. The molecule has 1 rings (SSSR count). The van der Waals surface area contributed by atoms with Gasteiger partial charge in [0.1, 0.15) is 21.7 Å². The summed E-state index contributed by atoms with van der Waals surface area (Å²) in [5.74, 6) is -0.539. The molecule has 0 saturated heterocycles. The summed E-state index contributed by atoms with van der Waals surface area (Å²) in [6, 6.07) is 0. The van der Waals surface area contributed by atoms with Crippen LogP contribution in [0.15, 0.2) is 6.20 Å². The second kappa shape index (κ2) is 4.24. The minimum atomic E-state index is -1.79. The Hall–Kier alpha value is -1.01. The molecule has 1 N–H and O–H groups in total. The monoisotopic (exact) mass is 233 g/mol. The molecule has 1 atom stereocenters. The molecule has 0 fully saturated rings. The van der Waals surface area contributed by atoms with Crippen LogP contribution in [0.4, 0.5) is 4.39 Å². The van der Waals surface area contributed by atoms with Crippen LogP contribution >= 0.6 is 11.3 Å². The van der Waals surface area contributed by atoms with Crippen molar-refractivity contribution < 1.29 is 19.0 Å². The molecular weight excluding hydrogens is 221 g/mol. The standard InChI is InChI=1S/C9H12FNO3S/c1-9(2,10)6(12)7-11-4-5(15-7)8(13)14-3/h4,6,12H,1-3H3. The quantitative estimate of drug-likeness (QED) is 0.807. The van der Waals surface area contributed by atoms with E-state index in [0.717, 1.165) is 11.3 Å². The molecule has 0 aliphatic rings. The lowest BCUT2D eigenvalue weighted by atomic mass is 10.1. The average Bonchev–Trinajstić information content (AvgIpc) is 2.62. The number of hydrogen-bond donors (Lipinski definition) is 1. The molecule has 0 aliphatic carbocycles. The van der Waals surface area contributed by atoms with Gasteiger partial charge in [0.2, 0.25) is 0 Å². The number of methoxy groups -OCH3 is 1. The predicted octanol–water partition coefficient (Wildman–Crippen LogP) is 1.71. The number of ether oxygens (including phenoxy) is 1. The van der Waals surface area contributed by atoms with Crippen molar-refractivity contribution in [1.82, 2.24) is 4.98 Å². The summed E-state index contributed by atoms with van der Waals surface area (Å²) in [6.07, 6.45) is -0.0678. The zero-order chi connectivity index (χ0) is 11.6. The number of halogens is 1. The van der Waals surface area contributed by atoms with Crippen molar-refractivity contribution in [1.29, 1.82) is 0 Å². The molecule has 15 heavy (non-hydrogen) atoms. The summed E-state index contributed by atoms with van der Waals surface area (Å²) < 4.78 is 17.8. The minimum Gasteiger partial charge on any atom is -0.465 e. The Labute approximate surface area is 90.7 Å². The van der Waals surface area contributed by atoms with Crippen LogP contribution in [-0.2, 0) is 4.74 Å². The van der Waals surface area contributed by atoms with Gasteiger partial charge in [0.05, 0.1) is 13.3 Å². The normalized spacial score (nSPS) is 13.7. The summed E-state index contributed by atoms with van der Waals surface area (Å²) in [5.41, 5.74) is -1.79. The fourth-order valence-electron chi connectivity index (χ4n) is 0.903. The summed E-state index contributed by atoms with van der Waals surface area (Å²) >= 11 is 0.925. The van der Waals surface area contributed by atoms with Gasteiger partial charge < -0.3 is 9.84 Å². The number of aliphatic hydroxyl groups is 1. The van der Waals surface area contributed by atoms with E-state index in [0.29, 0.717) is 0 Å². The lowest BCUT2D eigenvalue weighted by Gasteiger charge is -2.19. The molecule has 0 radical (unpaired) electrons. The van der Waals surface area contributed by atoms with Gasteiger partial charge in [-0.25, -0.2) is 14.2 Å². The molecule has 1 unspecified atom stereocenters. The number of carbonyl (C=O) groups excluding carboxylic acids is 1. The van der Waals surface area contributed by atoms with Gasteiger partial charge in [-0.15, -0.1) is 11.3 Å². The highest BCUT2D eigenvalue weighted by molar-refractivity contribution is 7.13. The summed E-state index contributed by atoms with van der Waals surface area (Å²) in [6.45, 7) is 2.49. The van der Waals surface area contributed by atoms with E-state index >= 15 is 0 Å². The lowest BCUT2D eigenvalue weighted by Crippen LogP contribution is -2.23. The second-order valence-electron chi connectivity index (χ2n) is 3.52. The first kappa shape index (κ1) is 12.1. The number of rotatable bonds is 3. The Kier molecular flexibility index (Phi) is 3.41. The molecule has 6 heteroatoms. The van der Waals surface area contributed by atoms with E-state index in [2.05, 4.69) is 9.72 Å². The summed E-state index contributed by atoms with van der Waals surface area (Å²) in [4.78, 5) is 15.1. The SMILES string of the molecule is COC(=O)c1cnc(C(O)C(C)(C)F)s1. The molecule has 0 amide bonds. The first-order valence-corrected chi connectivity index (χ1v) is 5.09. The fraction of sp³-hybridized carbons (Fsp3) is 0.556.